The average molecular weight is 357 g/mol. The van der Waals surface area contributed by atoms with E-state index in [2.05, 4.69) is 20.6 Å². The van der Waals surface area contributed by atoms with Crippen molar-refractivity contribution < 1.29 is 9.59 Å². The van der Waals surface area contributed by atoms with E-state index in [1.165, 1.54) is 18.5 Å². The molecule has 0 saturated carbocycles. The molecule has 3 aromatic rings. The Morgan fingerprint density at radius 3 is 2.48 bits per heavy atom. The summed E-state index contributed by atoms with van der Waals surface area (Å²) < 4.78 is 0. The molecule has 2 aromatic heterocycles. The first-order valence-electron chi connectivity index (χ1n) is 8.11. The van der Waals surface area contributed by atoms with E-state index in [1.807, 2.05) is 12.1 Å². The average Bonchev–Trinajstić information content (AvgIpc) is 2.73. The van der Waals surface area contributed by atoms with Crippen LogP contribution in [0.2, 0.25) is 0 Å². The van der Waals surface area contributed by atoms with Crippen LogP contribution in [0.5, 0.6) is 0 Å². The van der Waals surface area contributed by atoms with Gasteiger partial charge < -0.3 is 10.6 Å². The number of hydrogen-bond donors (Lipinski definition) is 2. The minimum Gasteiger partial charge on any atom is -0.346 e. The Hall–Kier alpha value is -4.05. The van der Waals surface area contributed by atoms with Gasteiger partial charge in [0.1, 0.15) is 6.07 Å². The van der Waals surface area contributed by atoms with Gasteiger partial charge in [-0.05, 0) is 30.3 Å². The molecular formula is C20H15N5O2. The second kappa shape index (κ2) is 8.36. The van der Waals surface area contributed by atoms with Gasteiger partial charge in [0, 0.05) is 18.6 Å². The Bertz CT molecular complexity index is 1010. The minimum absolute atomic E-state index is 0.216. The molecule has 2 heterocycles. The number of nitrogens with one attached hydrogen (secondary N) is 2. The number of rotatable bonds is 5. The van der Waals surface area contributed by atoms with Gasteiger partial charge in [-0.15, -0.1) is 0 Å². The minimum atomic E-state index is -0.454. The lowest BCUT2D eigenvalue weighted by Gasteiger charge is -2.08. The highest BCUT2D eigenvalue weighted by Gasteiger charge is 2.13. The molecule has 0 aliphatic heterocycles. The Labute approximate surface area is 155 Å². The predicted octanol–water partition coefficient (Wildman–Crippen LogP) is 2.53. The third-order valence-electron chi connectivity index (χ3n) is 3.71. The van der Waals surface area contributed by atoms with Gasteiger partial charge in [-0.25, -0.2) is 0 Å². The van der Waals surface area contributed by atoms with Crippen LogP contribution in [0.1, 0.15) is 32.0 Å². The van der Waals surface area contributed by atoms with Crippen molar-refractivity contribution in [3.8, 4) is 6.07 Å². The third-order valence-corrected chi connectivity index (χ3v) is 3.71. The van der Waals surface area contributed by atoms with Gasteiger partial charge in [0.05, 0.1) is 34.6 Å². The summed E-state index contributed by atoms with van der Waals surface area (Å²) in [6.07, 6.45) is 4.39. The molecule has 7 nitrogen and oxygen atoms in total. The van der Waals surface area contributed by atoms with Crippen LogP contribution in [-0.2, 0) is 6.54 Å². The van der Waals surface area contributed by atoms with E-state index in [0.717, 1.165) is 5.69 Å². The maximum absolute atomic E-state index is 12.4. The van der Waals surface area contributed by atoms with Crippen LogP contribution < -0.4 is 10.6 Å². The number of pyridine rings is 2. The molecule has 0 spiro atoms. The van der Waals surface area contributed by atoms with Crippen LogP contribution in [-0.4, -0.2) is 21.8 Å². The monoisotopic (exact) mass is 357 g/mol. The van der Waals surface area contributed by atoms with Gasteiger partial charge in [0.15, 0.2) is 0 Å². The molecule has 0 atom stereocenters. The van der Waals surface area contributed by atoms with E-state index < -0.39 is 5.91 Å². The highest BCUT2D eigenvalue weighted by atomic mass is 16.2. The molecule has 2 N–H and O–H groups in total. The molecule has 2 amide bonds. The molecule has 0 aliphatic rings. The summed E-state index contributed by atoms with van der Waals surface area (Å²) >= 11 is 0. The molecule has 0 aliphatic carbocycles. The van der Waals surface area contributed by atoms with E-state index in [0.29, 0.717) is 11.3 Å². The van der Waals surface area contributed by atoms with E-state index >= 15 is 0 Å². The first-order chi connectivity index (χ1) is 13.2. The van der Waals surface area contributed by atoms with Crippen molar-refractivity contribution in [1.29, 1.82) is 5.26 Å². The van der Waals surface area contributed by atoms with E-state index in [-0.39, 0.29) is 23.6 Å². The topological polar surface area (TPSA) is 108 Å². The lowest BCUT2D eigenvalue weighted by Crippen LogP contribution is -2.24. The standard InChI is InChI=1S/C20H15N5O2/c21-10-14-5-1-2-7-18(14)25-20(27)16-9-15(11-22-12-16)19(26)24-13-17-6-3-4-8-23-17/h1-9,11-12H,13H2,(H,24,26)(H,25,27). The Morgan fingerprint density at radius 2 is 1.74 bits per heavy atom. The fourth-order valence-electron chi connectivity index (χ4n) is 2.35. The number of carbonyl (C=O) groups excluding carboxylic acids is 2. The lowest BCUT2D eigenvalue weighted by atomic mass is 10.1. The molecule has 7 heteroatoms. The number of nitriles is 1. The summed E-state index contributed by atoms with van der Waals surface area (Å²) in [6, 6.07) is 15.6. The van der Waals surface area contributed by atoms with Gasteiger partial charge in [0.2, 0.25) is 0 Å². The van der Waals surface area contributed by atoms with Crippen molar-refractivity contribution in [3.05, 3.63) is 89.5 Å². The zero-order chi connectivity index (χ0) is 19.1. The van der Waals surface area contributed by atoms with Crippen LogP contribution in [0.15, 0.2) is 67.1 Å². The number of hydrogen-bond acceptors (Lipinski definition) is 5. The predicted molar refractivity (Wildman–Crippen MR) is 98.8 cm³/mol. The summed E-state index contributed by atoms with van der Waals surface area (Å²) in [5.74, 6) is -0.815. The van der Waals surface area contributed by atoms with Crippen LogP contribution in [0.3, 0.4) is 0 Å². The quantitative estimate of drug-likeness (QED) is 0.729. The summed E-state index contributed by atoms with van der Waals surface area (Å²) in [5.41, 5.74) is 1.94. The molecule has 0 fully saturated rings. The SMILES string of the molecule is N#Cc1ccccc1NC(=O)c1cncc(C(=O)NCc2ccccn2)c1. The van der Waals surface area contributed by atoms with E-state index in [4.69, 9.17) is 5.26 Å². The Morgan fingerprint density at radius 1 is 1.00 bits per heavy atom. The summed E-state index contributed by atoms with van der Waals surface area (Å²) in [7, 11) is 0. The first kappa shape index (κ1) is 17.8. The molecule has 0 radical (unpaired) electrons. The van der Waals surface area contributed by atoms with Crippen molar-refractivity contribution in [2.45, 2.75) is 6.54 Å². The Balaban J connectivity index is 1.70. The lowest BCUT2D eigenvalue weighted by molar-refractivity contribution is 0.0950. The fraction of sp³-hybridized carbons (Fsp3) is 0.0500. The van der Waals surface area contributed by atoms with Crippen molar-refractivity contribution in [2.75, 3.05) is 5.32 Å². The smallest absolute Gasteiger partial charge is 0.257 e. The second-order valence-electron chi connectivity index (χ2n) is 5.58. The van der Waals surface area contributed by atoms with Gasteiger partial charge in [0.25, 0.3) is 11.8 Å². The molecule has 0 bridgehead atoms. The van der Waals surface area contributed by atoms with Crippen molar-refractivity contribution in [3.63, 3.8) is 0 Å². The molecular weight excluding hydrogens is 342 g/mol. The van der Waals surface area contributed by atoms with Gasteiger partial charge in [-0.1, -0.05) is 18.2 Å². The van der Waals surface area contributed by atoms with Crippen LogP contribution in [0, 0.1) is 11.3 Å². The second-order valence-corrected chi connectivity index (χ2v) is 5.58. The maximum atomic E-state index is 12.4. The largest absolute Gasteiger partial charge is 0.346 e. The molecule has 132 valence electrons. The highest BCUT2D eigenvalue weighted by Crippen LogP contribution is 2.15. The number of para-hydroxylation sites is 1. The number of benzene rings is 1. The third kappa shape index (κ3) is 4.52. The Kier molecular flexibility index (Phi) is 5.50. The molecule has 3 rings (SSSR count). The number of anilines is 1. The normalized spacial score (nSPS) is 9.89. The van der Waals surface area contributed by atoms with Crippen molar-refractivity contribution in [1.82, 2.24) is 15.3 Å². The van der Waals surface area contributed by atoms with Crippen LogP contribution in [0.4, 0.5) is 5.69 Å². The highest BCUT2D eigenvalue weighted by molar-refractivity contribution is 6.06. The number of nitrogens with zero attached hydrogens (tertiary/aromatic N) is 3. The van der Waals surface area contributed by atoms with Gasteiger partial charge in [-0.3, -0.25) is 19.6 Å². The molecule has 0 saturated heterocycles. The van der Waals surface area contributed by atoms with Crippen LogP contribution in [0.25, 0.3) is 0 Å². The van der Waals surface area contributed by atoms with Gasteiger partial charge >= 0.3 is 0 Å². The number of amides is 2. The van der Waals surface area contributed by atoms with Crippen molar-refractivity contribution >= 4 is 17.5 Å². The van der Waals surface area contributed by atoms with E-state index in [1.54, 1.807) is 42.6 Å². The molecule has 0 unspecified atom stereocenters. The van der Waals surface area contributed by atoms with Crippen LogP contribution >= 0.6 is 0 Å². The molecule has 1 aromatic carbocycles. The van der Waals surface area contributed by atoms with Crippen molar-refractivity contribution in [2.24, 2.45) is 0 Å². The zero-order valence-corrected chi connectivity index (χ0v) is 14.2. The summed E-state index contributed by atoms with van der Waals surface area (Å²) in [4.78, 5) is 32.8. The van der Waals surface area contributed by atoms with E-state index in [9.17, 15) is 9.59 Å². The zero-order valence-electron chi connectivity index (χ0n) is 14.2. The number of aromatic nitrogens is 2. The first-order valence-corrected chi connectivity index (χ1v) is 8.11. The van der Waals surface area contributed by atoms with Gasteiger partial charge in [-0.2, -0.15) is 5.26 Å². The fourth-order valence-corrected chi connectivity index (χ4v) is 2.35. The maximum Gasteiger partial charge on any atom is 0.257 e. The number of carbonyl (C=O) groups is 2. The summed E-state index contributed by atoms with van der Waals surface area (Å²) in [6.45, 7) is 0.269. The summed E-state index contributed by atoms with van der Waals surface area (Å²) in [5, 5.41) is 14.5. The molecule has 27 heavy (non-hydrogen) atoms.